The molecule has 3 aliphatic heterocycles. The number of nitrogens with one attached hydrogen (secondary N) is 1. The summed E-state index contributed by atoms with van der Waals surface area (Å²) in [5, 5.41) is 3.40. The second-order valence-corrected chi connectivity index (χ2v) is 16.2. The molecule has 3 saturated heterocycles. The molecule has 0 radical (unpaired) electrons. The van der Waals surface area contributed by atoms with Crippen LogP contribution in [-0.2, 0) is 20.9 Å². The number of carbonyl (C=O) groups is 2. The van der Waals surface area contributed by atoms with Gasteiger partial charge in [-0.2, -0.15) is 0 Å². The van der Waals surface area contributed by atoms with Gasteiger partial charge >= 0.3 is 6.09 Å². The second kappa shape index (κ2) is 9.71. The maximum Gasteiger partial charge on any atom is 0.410 e. The lowest BCUT2D eigenvalue weighted by atomic mass is 9.46. The summed E-state index contributed by atoms with van der Waals surface area (Å²) in [6, 6.07) is 10.3. The van der Waals surface area contributed by atoms with Crippen molar-refractivity contribution in [3.8, 4) is 0 Å². The first-order chi connectivity index (χ1) is 19.9. The Bertz CT molecular complexity index is 1230. The molecule has 7 rings (SSSR count). The molecule has 1 aromatic rings. The minimum absolute atomic E-state index is 0.0445. The molecule has 3 aliphatic carbocycles. The number of rotatable bonds is 2. The number of benzene rings is 1. The minimum atomic E-state index is -0.274. The third-order valence-electron chi connectivity index (χ3n) is 14.4. The van der Waals surface area contributed by atoms with Crippen molar-refractivity contribution in [2.45, 2.75) is 123 Å². The first-order valence-corrected chi connectivity index (χ1v) is 16.9. The zero-order valence-electron chi connectivity index (χ0n) is 26.7. The number of hydrogen-bond donors (Lipinski definition) is 1. The maximum absolute atomic E-state index is 13.7. The van der Waals surface area contributed by atoms with E-state index in [2.05, 4.69) is 46.9 Å². The number of ether oxygens (including phenoxy) is 2. The highest BCUT2D eigenvalue weighted by Gasteiger charge is 2.74. The fourth-order valence-electron chi connectivity index (χ4n) is 11.9. The Kier molecular flexibility index (Phi) is 6.63. The lowest BCUT2D eigenvalue weighted by Gasteiger charge is -2.62. The molecule has 1 spiro atoms. The number of likely N-dealkylation sites (tertiary alicyclic amines) is 1. The first-order valence-electron chi connectivity index (χ1n) is 16.9. The summed E-state index contributed by atoms with van der Waals surface area (Å²) in [6.07, 6.45) is 8.37. The summed E-state index contributed by atoms with van der Waals surface area (Å²) in [5.74, 6) is 2.90. The van der Waals surface area contributed by atoms with Crippen LogP contribution < -0.4 is 5.32 Å². The van der Waals surface area contributed by atoms with Crippen LogP contribution in [0.3, 0.4) is 0 Å². The van der Waals surface area contributed by atoms with E-state index in [1.165, 1.54) is 19.3 Å². The number of amides is 2. The van der Waals surface area contributed by atoms with Crippen molar-refractivity contribution >= 4 is 12.0 Å². The van der Waals surface area contributed by atoms with Gasteiger partial charge in [-0.05, 0) is 90.4 Å². The third-order valence-corrected chi connectivity index (χ3v) is 14.4. The molecule has 1 aromatic carbocycles. The molecule has 230 valence electrons. The topological polar surface area (TPSA) is 67.9 Å². The van der Waals surface area contributed by atoms with Crippen molar-refractivity contribution in [2.75, 3.05) is 6.54 Å². The van der Waals surface area contributed by atoms with Crippen molar-refractivity contribution in [3.05, 3.63) is 35.9 Å². The Hall–Kier alpha value is -2.08. The summed E-state index contributed by atoms with van der Waals surface area (Å²) < 4.78 is 13.3. The van der Waals surface area contributed by atoms with E-state index in [4.69, 9.17) is 9.47 Å². The van der Waals surface area contributed by atoms with Gasteiger partial charge in [0.1, 0.15) is 6.61 Å². The molecule has 6 fully saturated rings. The zero-order valence-corrected chi connectivity index (χ0v) is 26.7. The van der Waals surface area contributed by atoms with Gasteiger partial charge in [0.25, 0.3) is 0 Å². The summed E-state index contributed by atoms with van der Waals surface area (Å²) in [7, 11) is 0. The fourth-order valence-corrected chi connectivity index (χ4v) is 11.9. The zero-order chi connectivity index (χ0) is 29.7. The Morgan fingerprint density at radius 3 is 2.57 bits per heavy atom. The molecule has 11 atom stereocenters. The van der Waals surface area contributed by atoms with Crippen LogP contribution in [0.25, 0.3) is 0 Å². The molecule has 6 nitrogen and oxygen atoms in total. The quantitative estimate of drug-likeness (QED) is 0.413. The van der Waals surface area contributed by atoms with E-state index in [0.29, 0.717) is 36.8 Å². The monoisotopic (exact) mass is 576 g/mol. The molecular weight excluding hydrogens is 524 g/mol. The average Bonchev–Trinajstić information content (AvgIpc) is 3.43. The highest BCUT2D eigenvalue weighted by molar-refractivity contribution is 5.77. The largest absolute Gasteiger partial charge is 0.445 e. The van der Waals surface area contributed by atoms with Crippen LogP contribution in [0.4, 0.5) is 4.79 Å². The van der Waals surface area contributed by atoms with E-state index < -0.39 is 0 Å². The molecule has 0 aromatic heterocycles. The number of carbonyl (C=O) groups excluding carboxylic acids is 2. The smallest absolute Gasteiger partial charge is 0.410 e. The predicted octanol–water partition coefficient (Wildman–Crippen LogP) is 6.96. The SMILES string of the molecule is C[C@H]1C[C@H]2O[C@]3(CC[C@H]4[C@@H]5CC[C@@H]6NC(=O)CC[C@]6(C)[C@H]5C[C@]4(C)C3(C)C)[C@H](C)[C@@H]2N(C(=O)OCc2ccccc2)C1. The van der Waals surface area contributed by atoms with Crippen LogP contribution in [0.2, 0.25) is 0 Å². The predicted molar refractivity (Wildman–Crippen MR) is 162 cm³/mol. The molecular formula is C36H52N2O4. The van der Waals surface area contributed by atoms with Gasteiger partial charge in [0.15, 0.2) is 0 Å². The summed E-state index contributed by atoms with van der Waals surface area (Å²) >= 11 is 0. The van der Waals surface area contributed by atoms with Gasteiger partial charge in [0.05, 0.1) is 17.7 Å². The van der Waals surface area contributed by atoms with Crippen LogP contribution in [0, 0.1) is 45.8 Å². The Balaban J connectivity index is 1.17. The summed E-state index contributed by atoms with van der Waals surface area (Å²) in [4.78, 5) is 28.0. The average molecular weight is 577 g/mol. The number of fused-ring (bicyclic) bond motifs is 6. The highest BCUT2D eigenvalue weighted by Crippen LogP contribution is 2.75. The molecule has 6 aliphatic rings. The molecule has 6 heteroatoms. The summed E-state index contributed by atoms with van der Waals surface area (Å²) in [6.45, 7) is 15.7. The Morgan fingerprint density at radius 2 is 1.81 bits per heavy atom. The van der Waals surface area contributed by atoms with E-state index in [-0.39, 0.29) is 51.9 Å². The highest BCUT2D eigenvalue weighted by atomic mass is 16.6. The molecule has 0 bridgehead atoms. The first kappa shape index (κ1) is 28.7. The third kappa shape index (κ3) is 3.85. The standard InChI is InChI=1S/C36H52N2O4/c1-22-18-28-31(38(20-22)32(40)41-21-24-10-8-7-9-11-24)23(2)36(42-28)17-14-26-25-12-13-29-34(5,16-15-30(39)37-29)27(25)19-35(26,6)33(36,3)4/h7-11,22-23,25-29,31H,12-21H2,1-6H3,(H,37,39)/t22-,23+,25-,26-,27-,28+,29-,31-,34+,35-,36+/m0/s1. The Labute approximate surface area is 252 Å². The van der Waals surface area contributed by atoms with Crippen molar-refractivity contribution < 1.29 is 19.1 Å². The van der Waals surface area contributed by atoms with Crippen LogP contribution in [0.5, 0.6) is 0 Å². The molecule has 42 heavy (non-hydrogen) atoms. The van der Waals surface area contributed by atoms with Gasteiger partial charge in [0.2, 0.25) is 5.91 Å². The molecule has 2 amide bonds. The van der Waals surface area contributed by atoms with Gasteiger partial charge in [-0.3, -0.25) is 4.79 Å². The van der Waals surface area contributed by atoms with Crippen molar-refractivity contribution in [1.29, 1.82) is 0 Å². The second-order valence-electron chi connectivity index (χ2n) is 16.2. The number of hydrogen-bond acceptors (Lipinski definition) is 4. The number of nitrogens with zero attached hydrogens (tertiary/aromatic N) is 1. The number of piperidine rings is 2. The van der Waals surface area contributed by atoms with Gasteiger partial charge in [-0.15, -0.1) is 0 Å². The molecule has 0 unspecified atom stereocenters. The van der Waals surface area contributed by atoms with E-state index >= 15 is 0 Å². The van der Waals surface area contributed by atoms with Crippen LogP contribution >= 0.6 is 0 Å². The fraction of sp³-hybridized carbons (Fsp3) is 0.778. The van der Waals surface area contributed by atoms with E-state index in [1.54, 1.807) is 0 Å². The van der Waals surface area contributed by atoms with Gasteiger partial charge < -0.3 is 19.7 Å². The lowest BCUT2D eigenvalue weighted by Crippen LogP contribution is -2.62. The van der Waals surface area contributed by atoms with Crippen molar-refractivity contribution in [1.82, 2.24) is 10.2 Å². The normalized spacial score (nSPS) is 47.2. The molecule has 1 N–H and O–H groups in total. The van der Waals surface area contributed by atoms with E-state index in [1.807, 2.05) is 35.2 Å². The van der Waals surface area contributed by atoms with Crippen molar-refractivity contribution in [2.24, 2.45) is 45.8 Å². The minimum Gasteiger partial charge on any atom is -0.445 e. The van der Waals surface area contributed by atoms with Crippen LogP contribution in [0.15, 0.2) is 30.3 Å². The van der Waals surface area contributed by atoms with E-state index in [9.17, 15) is 9.59 Å². The maximum atomic E-state index is 13.7. The summed E-state index contributed by atoms with van der Waals surface area (Å²) in [5.41, 5.74) is 1.02. The lowest BCUT2D eigenvalue weighted by molar-refractivity contribution is -0.218. The molecule has 3 heterocycles. The van der Waals surface area contributed by atoms with Gasteiger partial charge in [-0.25, -0.2) is 4.79 Å². The van der Waals surface area contributed by atoms with Gasteiger partial charge in [0, 0.05) is 24.9 Å². The molecule has 3 saturated carbocycles. The van der Waals surface area contributed by atoms with Crippen molar-refractivity contribution in [3.63, 3.8) is 0 Å². The van der Waals surface area contributed by atoms with Crippen LogP contribution in [-0.4, -0.2) is 47.2 Å². The Morgan fingerprint density at radius 1 is 1.05 bits per heavy atom. The van der Waals surface area contributed by atoms with E-state index in [0.717, 1.165) is 43.7 Å². The van der Waals surface area contributed by atoms with Gasteiger partial charge in [-0.1, -0.05) is 71.9 Å². The van der Waals surface area contributed by atoms with Crippen LogP contribution in [0.1, 0.15) is 98.5 Å².